The monoisotopic (exact) mass is 370 g/mol. The third-order valence-electron chi connectivity index (χ3n) is 5.91. The standard InChI is InChI=1S/C20H30N6O/c1-6-21-19(27)25(5)20(12-10-14(2)11-13-20)18-22-23-24-26(18)17-15(3)8-7-9-16(17)4/h7-9,14H,6,10-13H2,1-5H3,(H,21,27). The summed E-state index contributed by atoms with van der Waals surface area (Å²) in [7, 11) is 1.87. The van der Waals surface area contributed by atoms with E-state index < -0.39 is 5.54 Å². The number of carbonyl (C=O) groups is 1. The third kappa shape index (κ3) is 3.42. The molecule has 7 nitrogen and oxygen atoms in total. The zero-order valence-electron chi connectivity index (χ0n) is 17.0. The molecule has 1 aromatic heterocycles. The van der Waals surface area contributed by atoms with Crippen molar-refractivity contribution in [1.82, 2.24) is 30.4 Å². The van der Waals surface area contributed by atoms with Crippen molar-refractivity contribution in [3.05, 3.63) is 35.2 Å². The van der Waals surface area contributed by atoms with Crippen molar-refractivity contribution in [3.8, 4) is 5.69 Å². The van der Waals surface area contributed by atoms with Crippen LogP contribution in [0, 0.1) is 19.8 Å². The number of nitrogens with zero attached hydrogens (tertiary/aromatic N) is 5. The number of benzene rings is 1. The van der Waals surface area contributed by atoms with E-state index in [9.17, 15) is 4.79 Å². The van der Waals surface area contributed by atoms with E-state index in [0.717, 1.165) is 48.3 Å². The van der Waals surface area contributed by atoms with E-state index in [0.29, 0.717) is 12.5 Å². The van der Waals surface area contributed by atoms with E-state index >= 15 is 0 Å². The summed E-state index contributed by atoms with van der Waals surface area (Å²) in [5, 5.41) is 15.7. The molecular weight excluding hydrogens is 340 g/mol. The number of para-hydroxylation sites is 1. The van der Waals surface area contributed by atoms with Gasteiger partial charge in [0.2, 0.25) is 0 Å². The lowest BCUT2D eigenvalue weighted by atomic mass is 9.75. The molecule has 0 saturated heterocycles. The molecule has 1 aromatic carbocycles. The summed E-state index contributed by atoms with van der Waals surface area (Å²) in [6, 6.07) is 6.09. The van der Waals surface area contributed by atoms with Crippen molar-refractivity contribution in [2.45, 2.75) is 58.9 Å². The number of urea groups is 1. The second-order valence-electron chi connectivity index (χ2n) is 7.76. The molecule has 27 heavy (non-hydrogen) atoms. The Hall–Kier alpha value is -2.44. The Morgan fingerprint density at radius 2 is 1.93 bits per heavy atom. The number of tetrazole rings is 1. The van der Waals surface area contributed by atoms with Crippen LogP contribution in [0.15, 0.2) is 18.2 Å². The van der Waals surface area contributed by atoms with E-state index in [2.05, 4.69) is 53.7 Å². The van der Waals surface area contributed by atoms with Crippen LogP contribution < -0.4 is 5.32 Å². The first-order chi connectivity index (χ1) is 12.9. The molecule has 0 aliphatic heterocycles. The Morgan fingerprint density at radius 3 is 2.52 bits per heavy atom. The molecule has 1 N–H and O–H groups in total. The van der Waals surface area contributed by atoms with Crippen LogP contribution >= 0.6 is 0 Å². The van der Waals surface area contributed by atoms with Gasteiger partial charge >= 0.3 is 6.03 Å². The number of hydrogen-bond donors (Lipinski definition) is 1. The molecule has 7 heteroatoms. The Morgan fingerprint density at radius 1 is 1.30 bits per heavy atom. The molecule has 0 radical (unpaired) electrons. The Bertz CT molecular complexity index is 786. The van der Waals surface area contributed by atoms with Gasteiger partial charge in [-0.05, 0) is 73.9 Å². The summed E-state index contributed by atoms with van der Waals surface area (Å²) in [5.41, 5.74) is 2.72. The average molecular weight is 371 g/mol. The number of amides is 2. The minimum atomic E-state index is -0.510. The van der Waals surface area contributed by atoms with Gasteiger partial charge in [0, 0.05) is 13.6 Å². The SMILES string of the molecule is CCNC(=O)N(C)C1(c2nnnn2-c2c(C)cccc2C)CCC(C)CC1. The molecule has 1 aliphatic carbocycles. The maximum absolute atomic E-state index is 12.7. The highest BCUT2D eigenvalue weighted by Gasteiger charge is 2.46. The van der Waals surface area contributed by atoms with Crippen LogP contribution in [0.1, 0.15) is 56.5 Å². The summed E-state index contributed by atoms with van der Waals surface area (Å²) < 4.78 is 1.84. The molecule has 0 unspecified atom stereocenters. The van der Waals surface area contributed by atoms with Gasteiger partial charge in [-0.1, -0.05) is 25.1 Å². The number of carbonyl (C=O) groups excluding carboxylic acids is 1. The van der Waals surface area contributed by atoms with E-state index in [-0.39, 0.29) is 6.03 Å². The number of nitrogens with one attached hydrogen (secondary N) is 1. The van der Waals surface area contributed by atoms with Crippen LogP contribution in [0.3, 0.4) is 0 Å². The van der Waals surface area contributed by atoms with Crippen molar-refractivity contribution in [2.24, 2.45) is 5.92 Å². The highest BCUT2D eigenvalue weighted by Crippen LogP contribution is 2.43. The number of hydrogen-bond acceptors (Lipinski definition) is 4. The number of aryl methyl sites for hydroxylation is 2. The molecule has 1 aliphatic rings. The molecular formula is C20H30N6O. The zero-order chi connectivity index (χ0) is 19.6. The number of rotatable bonds is 4. The molecule has 2 aromatic rings. The summed E-state index contributed by atoms with van der Waals surface area (Å²) >= 11 is 0. The first kappa shape index (κ1) is 19.3. The van der Waals surface area contributed by atoms with E-state index in [4.69, 9.17) is 0 Å². The van der Waals surface area contributed by atoms with Gasteiger partial charge in [-0.25, -0.2) is 4.79 Å². The Balaban J connectivity index is 2.13. The smallest absolute Gasteiger partial charge is 0.317 e. The van der Waals surface area contributed by atoms with Gasteiger partial charge in [0.15, 0.2) is 5.82 Å². The quantitative estimate of drug-likeness (QED) is 0.895. The largest absolute Gasteiger partial charge is 0.338 e. The average Bonchev–Trinajstić information content (AvgIpc) is 3.12. The third-order valence-corrected chi connectivity index (χ3v) is 5.91. The summed E-state index contributed by atoms with van der Waals surface area (Å²) in [6.45, 7) is 8.93. The molecule has 2 amide bonds. The molecule has 1 saturated carbocycles. The fraction of sp³-hybridized carbons (Fsp3) is 0.600. The van der Waals surface area contributed by atoms with Crippen molar-refractivity contribution < 1.29 is 4.79 Å². The van der Waals surface area contributed by atoms with E-state index in [1.54, 1.807) is 0 Å². The van der Waals surface area contributed by atoms with Gasteiger partial charge < -0.3 is 10.2 Å². The molecule has 1 heterocycles. The van der Waals surface area contributed by atoms with E-state index in [1.165, 1.54) is 0 Å². The summed E-state index contributed by atoms with van der Waals surface area (Å²) in [6.07, 6.45) is 3.80. The normalized spacial score (nSPS) is 22.5. The lowest BCUT2D eigenvalue weighted by molar-refractivity contribution is 0.0725. The second kappa shape index (κ2) is 7.66. The summed E-state index contributed by atoms with van der Waals surface area (Å²) in [5.74, 6) is 1.39. The molecule has 0 bridgehead atoms. The minimum absolute atomic E-state index is 0.0805. The van der Waals surface area contributed by atoms with Gasteiger partial charge in [0.1, 0.15) is 5.54 Å². The van der Waals surface area contributed by atoms with Crippen molar-refractivity contribution in [3.63, 3.8) is 0 Å². The molecule has 0 atom stereocenters. The van der Waals surface area contributed by atoms with Crippen LogP contribution in [0.2, 0.25) is 0 Å². The molecule has 3 rings (SSSR count). The molecule has 0 spiro atoms. The predicted octanol–water partition coefficient (Wildman–Crippen LogP) is 3.35. The second-order valence-corrected chi connectivity index (χ2v) is 7.76. The van der Waals surface area contributed by atoms with Gasteiger partial charge in [0.25, 0.3) is 0 Å². The highest BCUT2D eigenvalue weighted by atomic mass is 16.2. The maximum Gasteiger partial charge on any atom is 0.317 e. The molecule has 1 fully saturated rings. The highest BCUT2D eigenvalue weighted by molar-refractivity contribution is 5.75. The van der Waals surface area contributed by atoms with Crippen molar-refractivity contribution >= 4 is 6.03 Å². The van der Waals surface area contributed by atoms with Crippen LogP contribution in [0.4, 0.5) is 4.79 Å². The lowest BCUT2D eigenvalue weighted by Gasteiger charge is -2.44. The maximum atomic E-state index is 12.7. The van der Waals surface area contributed by atoms with Gasteiger partial charge in [0.05, 0.1) is 5.69 Å². The Labute approximate surface area is 161 Å². The van der Waals surface area contributed by atoms with Crippen LogP contribution in [0.5, 0.6) is 0 Å². The zero-order valence-corrected chi connectivity index (χ0v) is 17.0. The first-order valence-electron chi connectivity index (χ1n) is 9.78. The van der Waals surface area contributed by atoms with Crippen LogP contribution in [-0.4, -0.2) is 44.7 Å². The minimum Gasteiger partial charge on any atom is -0.338 e. The summed E-state index contributed by atoms with van der Waals surface area (Å²) in [4.78, 5) is 14.6. The predicted molar refractivity (Wildman–Crippen MR) is 105 cm³/mol. The fourth-order valence-corrected chi connectivity index (χ4v) is 4.18. The lowest BCUT2D eigenvalue weighted by Crippen LogP contribution is -2.53. The van der Waals surface area contributed by atoms with Gasteiger partial charge in [-0.2, -0.15) is 4.68 Å². The molecule has 146 valence electrons. The fourth-order valence-electron chi connectivity index (χ4n) is 4.18. The van der Waals surface area contributed by atoms with Crippen molar-refractivity contribution in [1.29, 1.82) is 0 Å². The van der Waals surface area contributed by atoms with Crippen LogP contribution in [-0.2, 0) is 5.54 Å². The van der Waals surface area contributed by atoms with Crippen LogP contribution in [0.25, 0.3) is 5.69 Å². The topological polar surface area (TPSA) is 75.9 Å². The number of aromatic nitrogens is 4. The Kier molecular flexibility index (Phi) is 5.48. The van der Waals surface area contributed by atoms with E-state index in [1.807, 2.05) is 29.6 Å². The first-order valence-corrected chi connectivity index (χ1v) is 9.78. The van der Waals surface area contributed by atoms with Gasteiger partial charge in [-0.15, -0.1) is 5.10 Å². The van der Waals surface area contributed by atoms with Gasteiger partial charge in [-0.3, -0.25) is 0 Å². The van der Waals surface area contributed by atoms with Crippen molar-refractivity contribution in [2.75, 3.05) is 13.6 Å².